The van der Waals surface area contributed by atoms with Crippen molar-refractivity contribution >= 4 is 5.82 Å². The lowest BCUT2D eigenvalue weighted by molar-refractivity contribution is -0.389. The molecule has 1 aliphatic rings. The van der Waals surface area contributed by atoms with Gasteiger partial charge in [0.15, 0.2) is 0 Å². The molecule has 0 spiro atoms. The summed E-state index contributed by atoms with van der Waals surface area (Å²) in [6.07, 6.45) is -9.55. The predicted octanol–water partition coefficient (Wildman–Crippen LogP) is 3.81. The minimum Gasteiger partial charge on any atom is -0.443 e. The molecule has 1 aliphatic heterocycles. The van der Waals surface area contributed by atoms with Crippen LogP contribution in [0.5, 0.6) is 6.01 Å². The van der Waals surface area contributed by atoms with Crippen LogP contribution in [0.1, 0.15) is 16.7 Å². The van der Waals surface area contributed by atoms with Gasteiger partial charge in [-0.05, 0) is 28.7 Å². The summed E-state index contributed by atoms with van der Waals surface area (Å²) in [5, 5.41) is 10.7. The van der Waals surface area contributed by atoms with Crippen LogP contribution in [0.25, 0.3) is 0 Å². The number of hydrogen-bond donors (Lipinski definition) is 0. The molecule has 1 atom stereocenters. The number of nitro groups is 1. The summed E-state index contributed by atoms with van der Waals surface area (Å²) in [7, 11) is 0. The van der Waals surface area contributed by atoms with Crippen LogP contribution in [0.3, 0.4) is 0 Å². The van der Waals surface area contributed by atoms with Crippen molar-refractivity contribution < 1.29 is 40.7 Å². The molecule has 2 aromatic rings. The Hall–Kier alpha value is -2.83. The third-order valence-electron chi connectivity index (χ3n) is 3.85. The fourth-order valence-electron chi connectivity index (χ4n) is 2.58. The van der Waals surface area contributed by atoms with E-state index in [4.69, 9.17) is 9.47 Å². The Kier molecular flexibility index (Phi) is 4.95. The van der Waals surface area contributed by atoms with Crippen LogP contribution in [0.2, 0.25) is 0 Å². The molecule has 0 saturated heterocycles. The van der Waals surface area contributed by atoms with Crippen LogP contribution in [0.15, 0.2) is 24.4 Å². The van der Waals surface area contributed by atoms with Crippen LogP contribution in [-0.4, -0.2) is 27.2 Å². The molecule has 0 radical (unpaired) electrons. The Morgan fingerprint density at radius 2 is 1.79 bits per heavy atom. The van der Waals surface area contributed by atoms with E-state index in [-0.39, 0.29) is 30.8 Å². The second kappa shape index (κ2) is 6.96. The van der Waals surface area contributed by atoms with Crippen molar-refractivity contribution in [2.45, 2.75) is 31.6 Å². The largest absolute Gasteiger partial charge is 0.443 e. The summed E-state index contributed by atoms with van der Waals surface area (Å²) < 4.78 is 89.0. The van der Waals surface area contributed by atoms with Crippen molar-refractivity contribution in [3.05, 3.63) is 51.2 Å². The van der Waals surface area contributed by atoms with Crippen LogP contribution in [0.4, 0.5) is 32.2 Å². The lowest BCUT2D eigenvalue weighted by Crippen LogP contribution is -2.32. The highest BCUT2D eigenvalue weighted by Gasteiger charge is 2.37. The van der Waals surface area contributed by atoms with E-state index in [1.54, 1.807) is 0 Å². The van der Waals surface area contributed by atoms with Gasteiger partial charge in [-0.2, -0.15) is 26.3 Å². The number of fused-ring (bicyclic) bond motifs is 1. The molecule has 13 heteroatoms. The van der Waals surface area contributed by atoms with Crippen LogP contribution in [0, 0.1) is 10.1 Å². The third-order valence-corrected chi connectivity index (χ3v) is 3.85. The zero-order valence-electron chi connectivity index (χ0n) is 13.8. The lowest BCUT2D eigenvalue weighted by atomic mass is 10.1. The number of rotatable bonds is 4. The zero-order chi connectivity index (χ0) is 20.7. The van der Waals surface area contributed by atoms with Gasteiger partial charge in [-0.3, -0.25) is 4.57 Å². The molecule has 1 unspecified atom stereocenters. The molecule has 1 aromatic heterocycles. The minimum atomic E-state index is -4.95. The molecule has 0 fully saturated rings. The molecule has 3 rings (SSSR count). The number of nitrogens with zero attached hydrogens (tertiary/aromatic N) is 3. The van der Waals surface area contributed by atoms with Crippen molar-refractivity contribution in [3.8, 4) is 6.01 Å². The summed E-state index contributed by atoms with van der Waals surface area (Å²) in [5.41, 5.74) is -3.19. The van der Waals surface area contributed by atoms with Gasteiger partial charge < -0.3 is 19.6 Å². The maximum Gasteiger partial charge on any atom is 0.416 e. The molecule has 28 heavy (non-hydrogen) atoms. The fraction of sp³-hybridized carbons (Fsp3) is 0.400. The molecule has 152 valence electrons. The first-order valence-electron chi connectivity index (χ1n) is 7.68. The molecule has 2 heterocycles. The average Bonchev–Trinajstić information content (AvgIpc) is 3.02. The number of benzene rings is 1. The van der Waals surface area contributed by atoms with Crippen molar-refractivity contribution in [1.82, 2.24) is 9.55 Å². The molecular weight excluding hydrogens is 400 g/mol. The normalized spacial score (nSPS) is 17.1. The van der Waals surface area contributed by atoms with Gasteiger partial charge in [0.2, 0.25) is 0 Å². The average molecular weight is 411 g/mol. The van der Waals surface area contributed by atoms with E-state index >= 15 is 0 Å². The van der Waals surface area contributed by atoms with Crippen LogP contribution >= 0.6 is 0 Å². The van der Waals surface area contributed by atoms with Crippen molar-refractivity contribution in [2.75, 3.05) is 6.61 Å². The van der Waals surface area contributed by atoms with Crippen LogP contribution < -0.4 is 4.74 Å². The summed E-state index contributed by atoms with van der Waals surface area (Å²) in [5.74, 6) is -0.455. The summed E-state index contributed by atoms with van der Waals surface area (Å²) in [6.45, 7) is -0.604. The number of imidazole rings is 1. The van der Waals surface area contributed by atoms with E-state index in [9.17, 15) is 36.5 Å². The van der Waals surface area contributed by atoms with Gasteiger partial charge in [0, 0.05) is 4.98 Å². The Labute approximate surface area is 152 Å². The van der Waals surface area contributed by atoms with Crippen LogP contribution in [-0.2, 0) is 30.2 Å². The third kappa shape index (κ3) is 4.35. The second-order valence-corrected chi connectivity index (χ2v) is 5.95. The van der Waals surface area contributed by atoms with Crippen molar-refractivity contribution in [2.24, 2.45) is 0 Å². The molecular formula is C15H11F6N3O4. The van der Waals surface area contributed by atoms with E-state index in [2.05, 4.69) is 4.98 Å². The van der Waals surface area contributed by atoms with E-state index in [0.29, 0.717) is 12.1 Å². The lowest BCUT2D eigenvalue weighted by Gasteiger charge is -2.23. The quantitative estimate of drug-likeness (QED) is 0.434. The van der Waals surface area contributed by atoms with Crippen molar-refractivity contribution in [1.29, 1.82) is 0 Å². The highest BCUT2D eigenvalue weighted by atomic mass is 19.4. The van der Waals surface area contributed by atoms with Gasteiger partial charge in [-0.25, -0.2) is 0 Å². The summed E-state index contributed by atoms with van der Waals surface area (Å²) >= 11 is 0. The monoisotopic (exact) mass is 411 g/mol. The summed E-state index contributed by atoms with van der Waals surface area (Å²) in [6, 6.07) is 1.16. The number of alkyl halides is 6. The van der Waals surface area contributed by atoms with E-state index in [1.165, 1.54) is 4.57 Å². The maximum atomic E-state index is 12.9. The molecule has 7 nitrogen and oxygen atoms in total. The Bertz CT molecular complexity index is 861. The number of aromatic nitrogens is 2. The zero-order valence-corrected chi connectivity index (χ0v) is 13.8. The SMILES string of the molecule is O=[N+]([O-])c1cn2c(n1)OCC(OCc1cc(C(F)(F)F)cc(C(F)(F)F)c1)C2. The van der Waals surface area contributed by atoms with Gasteiger partial charge in [0.25, 0.3) is 0 Å². The van der Waals surface area contributed by atoms with E-state index < -0.39 is 46.9 Å². The van der Waals surface area contributed by atoms with Crippen molar-refractivity contribution in [3.63, 3.8) is 0 Å². The number of hydrogen-bond acceptors (Lipinski definition) is 5. The van der Waals surface area contributed by atoms with Gasteiger partial charge in [-0.1, -0.05) is 0 Å². The first kappa shape index (κ1) is 19.9. The molecule has 0 aliphatic carbocycles. The van der Waals surface area contributed by atoms with Gasteiger partial charge >= 0.3 is 24.2 Å². The number of ether oxygens (including phenoxy) is 2. The van der Waals surface area contributed by atoms with Gasteiger partial charge in [0.05, 0.1) is 24.3 Å². The number of halogens is 6. The first-order chi connectivity index (χ1) is 12.9. The molecule has 0 saturated carbocycles. The minimum absolute atomic E-state index is 0.0232. The van der Waals surface area contributed by atoms with E-state index in [1.807, 2.05) is 0 Å². The molecule has 0 amide bonds. The predicted molar refractivity (Wildman–Crippen MR) is 79.4 cm³/mol. The molecule has 1 aromatic carbocycles. The Morgan fingerprint density at radius 3 is 2.32 bits per heavy atom. The Morgan fingerprint density at radius 1 is 1.18 bits per heavy atom. The molecule has 0 bridgehead atoms. The first-order valence-corrected chi connectivity index (χ1v) is 7.68. The van der Waals surface area contributed by atoms with E-state index in [0.717, 1.165) is 6.20 Å². The maximum absolute atomic E-state index is 12.9. The van der Waals surface area contributed by atoms with Gasteiger partial charge in [-0.15, -0.1) is 0 Å². The topological polar surface area (TPSA) is 79.4 Å². The highest BCUT2D eigenvalue weighted by Crippen LogP contribution is 2.36. The summed E-state index contributed by atoms with van der Waals surface area (Å²) in [4.78, 5) is 13.6. The highest BCUT2D eigenvalue weighted by molar-refractivity contribution is 5.33. The Balaban J connectivity index is 1.74. The standard InChI is InChI=1S/C15H11F6N3O4/c16-14(17,18)9-1-8(2-10(3-9)15(19,20)21)6-27-11-4-23-5-12(24(25)26)22-13(23)28-7-11/h1-3,5,11H,4,6-7H2. The van der Waals surface area contributed by atoms with Gasteiger partial charge in [0.1, 0.15) is 18.9 Å². The second-order valence-electron chi connectivity index (χ2n) is 5.95. The smallest absolute Gasteiger partial charge is 0.416 e. The fourth-order valence-corrected chi connectivity index (χ4v) is 2.58. The molecule has 0 N–H and O–H groups in total.